The smallest absolute Gasteiger partial charge is 0.256 e. The zero-order chi connectivity index (χ0) is 18.7. The summed E-state index contributed by atoms with van der Waals surface area (Å²) in [6.45, 7) is 4.31. The van der Waals surface area contributed by atoms with E-state index in [4.69, 9.17) is 0 Å². The zero-order valence-electron chi connectivity index (χ0n) is 15.2. The van der Waals surface area contributed by atoms with Crippen LogP contribution in [0.4, 0.5) is 0 Å². The van der Waals surface area contributed by atoms with E-state index in [1.165, 1.54) is 0 Å². The molecule has 0 unspecified atom stereocenters. The van der Waals surface area contributed by atoms with Crippen molar-refractivity contribution in [2.75, 3.05) is 5.75 Å². The van der Waals surface area contributed by atoms with Crippen LogP contribution in [0.5, 0.6) is 0 Å². The first-order valence-corrected chi connectivity index (χ1v) is 10.8. The van der Waals surface area contributed by atoms with Crippen molar-refractivity contribution in [2.45, 2.75) is 51.6 Å². The Bertz CT molecular complexity index is 823. The highest BCUT2D eigenvalue weighted by molar-refractivity contribution is 7.90. The summed E-state index contributed by atoms with van der Waals surface area (Å²) in [5, 5.41) is 9.57. The molecule has 1 aromatic rings. The molecule has 2 aliphatic carbocycles. The number of fused-ring (bicyclic) bond motifs is 1. The predicted molar refractivity (Wildman–Crippen MR) is 96.8 cm³/mol. The van der Waals surface area contributed by atoms with Gasteiger partial charge in [0.25, 0.3) is 5.91 Å². The van der Waals surface area contributed by atoms with Crippen LogP contribution in [0.2, 0.25) is 0 Å². The van der Waals surface area contributed by atoms with Gasteiger partial charge in [-0.15, -0.1) is 0 Å². The number of hydroxylamine groups is 1. The lowest BCUT2D eigenvalue weighted by Crippen LogP contribution is -2.51. The lowest BCUT2D eigenvalue weighted by atomic mass is 9.69. The maximum atomic E-state index is 13.1. The summed E-state index contributed by atoms with van der Waals surface area (Å²) in [5.74, 6) is -0.0434. The number of hydrogen-bond donors (Lipinski definition) is 2. The lowest BCUT2D eigenvalue weighted by molar-refractivity contribution is -0.133. The van der Waals surface area contributed by atoms with Crippen LogP contribution in [0, 0.1) is 16.7 Å². The van der Waals surface area contributed by atoms with Crippen LogP contribution >= 0.6 is 0 Å². The Kier molecular flexibility index (Phi) is 3.99. The molecule has 1 aromatic carbocycles. The highest BCUT2D eigenvalue weighted by Gasteiger charge is 2.72. The Morgan fingerprint density at radius 3 is 2.65 bits per heavy atom. The molecule has 3 aliphatic rings. The van der Waals surface area contributed by atoms with Crippen molar-refractivity contribution in [1.82, 2.24) is 9.79 Å². The summed E-state index contributed by atoms with van der Waals surface area (Å²) in [6, 6.07) is 8.06. The Hall–Kier alpha value is -1.44. The van der Waals surface area contributed by atoms with Crippen molar-refractivity contribution in [3.63, 3.8) is 0 Å². The van der Waals surface area contributed by atoms with Crippen LogP contribution in [0.3, 0.4) is 0 Å². The number of hydrogen-bond acceptors (Lipinski definition) is 5. The molecule has 6 nitrogen and oxygen atoms in total. The summed E-state index contributed by atoms with van der Waals surface area (Å²) in [5.41, 5.74) is 2.49. The minimum absolute atomic E-state index is 0.0450. The number of nitrogens with one attached hydrogen (secondary N) is 1. The van der Waals surface area contributed by atoms with Crippen LogP contribution in [0.15, 0.2) is 30.3 Å². The summed E-state index contributed by atoms with van der Waals surface area (Å²) < 4.78 is 27.0. The number of nitrogens with zero attached hydrogens (tertiary/aromatic N) is 1. The largest absolute Gasteiger partial charge is 0.316 e. The summed E-state index contributed by atoms with van der Waals surface area (Å²) >= 11 is 0. The first kappa shape index (κ1) is 17.9. The van der Waals surface area contributed by atoms with Gasteiger partial charge in [0, 0.05) is 5.41 Å². The van der Waals surface area contributed by atoms with Crippen molar-refractivity contribution >= 4 is 15.9 Å². The minimum atomic E-state index is -3.68. The molecular formula is C19H26N2O4S. The third-order valence-electron chi connectivity index (χ3n) is 7.36. The first-order valence-electron chi connectivity index (χ1n) is 9.22. The van der Waals surface area contributed by atoms with Crippen LogP contribution < -0.4 is 5.48 Å². The molecule has 1 aliphatic heterocycles. The number of amides is 1. The molecule has 1 amide bonds. The maximum absolute atomic E-state index is 13.1. The number of carbonyl (C=O) groups excluding carboxylic acids is 1. The fourth-order valence-corrected chi connectivity index (χ4v) is 8.35. The quantitative estimate of drug-likeness (QED) is 0.617. The van der Waals surface area contributed by atoms with E-state index in [2.05, 4.69) is 19.3 Å². The number of rotatable bonds is 4. The summed E-state index contributed by atoms with van der Waals surface area (Å²) in [6.07, 6.45) is 2.87. The Balaban J connectivity index is 1.65. The van der Waals surface area contributed by atoms with Crippen LogP contribution in [0.1, 0.15) is 38.7 Å². The second-order valence-corrected chi connectivity index (χ2v) is 10.5. The number of sulfonamides is 1. The fourth-order valence-electron chi connectivity index (χ4n) is 5.77. The van der Waals surface area contributed by atoms with Crippen LogP contribution in [0.25, 0.3) is 0 Å². The van der Waals surface area contributed by atoms with Gasteiger partial charge in [0.05, 0.1) is 11.8 Å². The highest BCUT2D eigenvalue weighted by Crippen LogP contribution is 2.70. The normalized spacial score (nSPS) is 34.7. The Morgan fingerprint density at radius 2 is 2.04 bits per heavy atom. The van der Waals surface area contributed by atoms with Gasteiger partial charge in [-0.1, -0.05) is 44.2 Å². The van der Waals surface area contributed by atoms with Crippen molar-refractivity contribution < 1.29 is 18.4 Å². The first-order chi connectivity index (χ1) is 12.2. The van der Waals surface area contributed by atoms with E-state index in [9.17, 15) is 18.4 Å². The summed E-state index contributed by atoms with van der Waals surface area (Å²) in [7, 11) is -3.68. The molecule has 1 spiro atoms. The van der Waals surface area contributed by atoms with Gasteiger partial charge >= 0.3 is 0 Å². The van der Waals surface area contributed by atoms with Crippen LogP contribution in [-0.4, -0.2) is 41.7 Å². The zero-order valence-corrected chi connectivity index (χ0v) is 16.0. The highest BCUT2D eigenvalue weighted by atomic mass is 32.2. The van der Waals surface area contributed by atoms with E-state index < -0.39 is 22.0 Å². The molecule has 7 heteroatoms. The van der Waals surface area contributed by atoms with Crippen molar-refractivity contribution in [2.24, 2.45) is 16.7 Å². The van der Waals surface area contributed by atoms with E-state index >= 15 is 0 Å². The fraction of sp³-hybridized carbons (Fsp3) is 0.632. The van der Waals surface area contributed by atoms with E-state index in [0.29, 0.717) is 5.92 Å². The van der Waals surface area contributed by atoms with Gasteiger partial charge in [-0.25, -0.2) is 12.7 Å². The maximum Gasteiger partial charge on any atom is 0.256 e. The van der Waals surface area contributed by atoms with E-state index in [1.54, 1.807) is 0 Å². The average molecular weight is 379 g/mol. The second kappa shape index (κ2) is 5.78. The monoisotopic (exact) mass is 379 g/mol. The Morgan fingerprint density at radius 1 is 1.35 bits per heavy atom. The molecular weight excluding hydrogens is 353 g/mol. The van der Waals surface area contributed by atoms with Gasteiger partial charge in [-0.2, -0.15) is 5.48 Å². The van der Waals surface area contributed by atoms with Crippen LogP contribution in [-0.2, 0) is 21.2 Å². The van der Waals surface area contributed by atoms with E-state index in [1.807, 2.05) is 30.3 Å². The van der Waals surface area contributed by atoms with E-state index in [0.717, 1.165) is 29.1 Å². The molecule has 1 saturated heterocycles. The minimum Gasteiger partial charge on any atom is -0.316 e. The molecule has 3 fully saturated rings. The third-order valence-corrected chi connectivity index (χ3v) is 9.28. The molecule has 1 heterocycles. The topological polar surface area (TPSA) is 86.7 Å². The van der Waals surface area contributed by atoms with Gasteiger partial charge in [0.15, 0.2) is 0 Å². The summed E-state index contributed by atoms with van der Waals surface area (Å²) in [4.78, 5) is 13.1. The van der Waals surface area contributed by atoms with Gasteiger partial charge in [-0.3, -0.25) is 4.79 Å². The predicted octanol–water partition coefficient (Wildman–Crippen LogP) is 1.94. The van der Waals surface area contributed by atoms with Gasteiger partial charge in [0.2, 0.25) is 10.0 Å². The molecule has 142 valence electrons. The molecule has 2 saturated carbocycles. The number of benzene rings is 1. The van der Waals surface area contributed by atoms with Crippen molar-refractivity contribution in [1.29, 1.82) is 0 Å². The molecule has 0 aromatic heterocycles. The molecule has 4 atom stereocenters. The standard InChI is InChI=1S/C19H26N2O4S/c1-18(2)14-8-9-19(18)12-26(24,25)21(16(19)11-14)17(22)15(20-23)10-13-6-4-3-5-7-13/h3-7,14-16,20,23H,8-12H2,1-2H3/t14-,15-,16-,19-/m0/s1/i20+1. The lowest BCUT2D eigenvalue weighted by Gasteiger charge is -2.37. The second-order valence-electron chi connectivity index (χ2n) is 8.63. The average Bonchev–Trinajstić information content (AvgIpc) is 3.07. The van der Waals surface area contributed by atoms with Gasteiger partial charge in [-0.05, 0) is 42.6 Å². The van der Waals surface area contributed by atoms with Crippen molar-refractivity contribution in [3.8, 4) is 0 Å². The van der Waals surface area contributed by atoms with E-state index in [-0.39, 0.29) is 29.0 Å². The van der Waals surface area contributed by atoms with Crippen molar-refractivity contribution in [3.05, 3.63) is 35.9 Å². The molecule has 26 heavy (non-hydrogen) atoms. The molecule has 4 rings (SSSR count). The molecule has 2 bridgehead atoms. The Labute approximate surface area is 154 Å². The number of carbonyl (C=O) groups is 1. The SMILES string of the molecule is CC1(C)[C@H]2CC[C@@]13CS(=O)(=O)N(C(=O)[C@H](Cc1ccccc1)[15NH]O)[C@H]3C2. The molecule has 0 radical (unpaired) electrons. The third kappa shape index (κ3) is 2.30. The van der Waals surface area contributed by atoms with Gasteiger partial charge < -0.3 is 5.21 Å². The molecule has 2 N–H and O–H groups in total. The van der Waals surface area contributed by atoms with Gasteiger partial charge in [0.1, 0.15) is 6.04 Å².